The Balaban J connectivity index is 1.29. The summed E-state index contributed by atoms with van der Waals surface area (Å²) in [4.78, 5) is 2.44. The minimum Gasteiger partial charge on any atom is -0.389 e. The van der Waals surface area contributed by atoms with Crippen LogP contribution in [0.3, 0.4) is 0 Å². The summed E-state index contributed by atoms with van der Waals surface area (Å²) < 4.78 is 1.98. The number of β-amino-alcohol motifs (C(OH)–C–C–N with tert-alkyl or cyclic N) is 1. The van der Waals surface area contributed by atoms with Gasteiger partial charge in [-0.05, 0) is 63.7 Å². The van der Waals surface area contributed by atoms with E-state index in [0.717, 1.165) is 56.8 Å². The molecule has 134 valence electrons. The number of likely N-dealkylation sites (tertiary alicyclic amines) is 1. The van der Waals surface area contributed by atoms with Crippen LogP contribution in [0.1, 0.15) is 74.7 Å². The van der Waals surface area contributed by atoms with Gasteiger partial charge in [0.1, 0.15) is 0 Å². The molecule has 6 heteroatoms. The highest BCUT2D eigenvalue weighted by atomic mass is 16.3. The van der Waals surface area contributed by atoms with Crippen molar-refractivity contribution < 1.29 is 5.11 Å². The van der Waals surface area contributed by atoms with E-state index < -0.39 is 5.60 Å². The lowest BCUT2D eigenvalue weighted by molar-refractivity contribution is 0.00273. The van der Waals surface area contributed by atoms with Gasteiger partial charge in [0, 0.05) is 18.4 Å². The zero-order valence-electron chi connectivity index (χ0n) is 14.8. The highest BCUT2D eigenvalue weighted by Crippen LogP contribution is 2.39. The zero-order chi connectivity index (χ0) is 16.9. The van der Waals surface area contributed by atoms with Gasteiger partial charge in [-0.2, -0.15) is 9.61 Å². The highest BCUT2D eigenvalue weighted by molar-refractivity contribution is 5.38. The van der Waals surface area contributed by atoms with Crippen molar-refractivity contribution in [1.82, 2.24) is 24.7 Å². The summed E-state index contributed by atoms with van der Waals surface area (Å²) in [6.45, 7) is 2.90. The first kappa shape index (κ1) is 15.7. The third kappa shape index (κ3) is 3.06. The molecule has 25 heavy (non-hydrogen) atoms. The van der Waals surface area contributed by atoms with Crippen molar-refractivity contribution in [3.05, 3.63) is 23.7 Å². The van der Waals surface area contributed by atoms with Crippen molar-refractivity contribution >= 4 is 5.65 Å². The lowest BCUT2D eigenvalue weighted by atomic mass is 9.94. The van der Waals surface area contributed by atoms with E-state index in [4.69, 9.17) is 5.10 Å². The molecule has 0 atom stereocenters. The van der Waals surface area contributed by atoms with Crippen LogP contribution in [0.25, 0.3) is 5.65 Å². The number of fused-ring (bicyclic) bond motifs is 1. The van der Waals surface area contributed by atoms with Crippen molar-refractivity contribution in [2.75, 3.05) is 19.6 Å². The van der Waals surface area contributed by atoms with Crippen molar-refractivity contribution in [2.45, 2.75) is 68.8 Å². The molecule has 2 aromatic heterocycles. The molecule has 0 spiro atoms. The van der Waals surface area contributed by atoms with Crippen molar-refractivity contribution in [3.63, 3.8) is 0 Å². The van der Waals surface area contributed by atoms with Gasteiger partial charge in [-0.25, -0.2) is 0 Å². The van der Waals surface area contributed by atoms with Gasteiger partial charge in [0.25, 0.3) is 0 Å². The number of nitrogens with zero attached hydrogens (tertiary/aromatic N) is 5. The maximum absolute atomic E-state index is 10.6. The van der Waals surface area contributed by atoms with Crippen molar-refractivity contribution in [2.24, 2.45) is 0 Å². The molecule has 2 aliphatic carbocycles. The van der Waals surface area contributed by atoms with E-state index in [0.29, 0.717) is 11.8 Å². The summed E-state index contributed by atoms with van der Waals surface area (Å²) in [7, 11) is 0. The van der Waals surface area contributed by atoms with E-state index in [-0.39, 0.29) is 0 Å². The van der Waals surface area contributed by atoms with Gasteiger partial charge < -0.3 is 10.0 Å². The Morgan fingerprint density at radius 2 is 1.76 bits per heavy atom. The maximum atomic E-state index is 10.6. The van der Waals surface area contributed by atoms with Crippen molar-refractivity contribution in [1.29, 1.82) is 0 Å². The molecule has 0 unspecified atom stereocenters. The molecule has 6 nitrogen and oxygen atoms in total. The van der Waals surface area contributed by atoms with Gasteiger partial charge in [0.05, 0.1) is 11.3 Å². The monoisotopic (exact) mass is 341 g/mol. The number of hydrogen-bond donors (Lipinski definition) is 1. The molecule has 2 saturated carbocycles. The number of rotatable bonds is 4. The Labute approximate surface area is 148 Å². The van der Waals surface area contributed by atoms with Crippen LogP contribution in [0, 0.1) is 0 Å². The van der Waals surface area contributed by atoms with Crippen LogP contribution in [0.15, 0.2) is 12.1 Å². The van der Waals surface area contributed by atoms with Crippen LogP contribution in [0.2, 0.25) is 0 Å². The highest BCUT2D eigenvalue weighted by Gasteiger charge is 2.35. The minimum atomic E-state index is -0.435. The molecule has 1 N–H and O–H groups in total. The van der Waals surface area contributed by atoms with Crippen LogP contribution >= 0.6 is 0 Å². The molecule has 0 amide bonds. The maximum Gasteiger partial charge on any atom is 0.177 e. The van der Waals surface area contributed by atoms with E-state index in [1.165, 1.54) is 31.4 Å². The molecule has 2 aromatic rings. The van der Waals surface area contributed by atoms with Crippen LogP contribution in [-0.2, 0) is 0 Å². The molecule has 3 fully saturated rings. The Morgan fingerprint density at radius 1 is 1.00 bits per heavy atom. The van der Waals surface area contributed by atoms with Crippen LogP contribution in [0.5, 0.6) is 0 Å². The quantitative estimate of drug-likeness (QED) is 0.925. The second-order valence-corrected chi connectivity index (χ2v) is 8.34. The molecule has 1 saturated heterocycles. The molecule has 3 heterocycles. The third-order valence-electron chi connectivity index (χ3n) is 6.31. The number of hydrogen-bond acceptors (Lipinski definition) is 5. The summed E-state index contributed by atoms with van der Waals surface area (Å²) in [5.41, 5.74) is 1.62. The van der Waals surface area contributed by atoms with Gasteiger partial charge in [0.15, 0.2) is 11.5 Å². The third-order valence-corrected chi connectivity index (χ3v) is 6.31. The fourth-order valence-corrected chi connectivity index (χ4v) is 4.63. The number of aromatic nitrogens is 4. The van der Waals surface area contributed by atoms with Gasteiger partial charge in [0.2, 0.25) is 0 Å². The van der Waals surface area contributed by atoms with Crippen LogP contribution in [0.4, 0.5) is 0 Å². The average Bonchev–Trinajstić information content (AvgIpc) is 3.26. The van der Waals surface area contributed by atoms with E-state index in [9.17, 15) is 5.11 Å². The minimum absolute atomic E-state index is 0.423. The fraction of sp³-hybridized carbons (Fsp3) is 0.737. The average molecular weight is 341 g/mol. The predicted molar refractivity (Wildman–Crippen MR) is 94.6 cm³/mol. The zero-order valence-corrected chi connectivity index (χ0v) is 14.8. The topological polar surface area (TPSA) is 66.5 Å². The normalized spacial score (nSPS) is 25.0. The number of aliphatic hydroxyl groups is 1. The number of piperidine rings is 1. The Kier molecular flexibility index (Phi) is 3.78. The smallest absolute Gasteiger partial charge is 0.177 e. The van der Waals surface area contributed by atoms with E-state index in [1.54, 1.807) is 0 Å². The molecule has 0 bridgehead atoms. The second-order valence-electron chi connectivity index (χ2n) is 8.34. The Hall–Kier alpha value is -1.53. The molecule has 5 rings (SSSR count). The molecule has 3 aliphatic rings. The summed E-state index contributed by atoms with van der Waals surface area (Å²) in [6, 6.07) is 4.16. The fourth-order valence-electron chi connectivity index (χ4n) is 4.63. The van der Waals surface area contributed by atoms with Gasteiger partial charge in [-0.15, -0.1) is 10.2 Å². The lowest BCUT2D eigenvalue weighted by Gasteiger charge is -2.36. The Morgan fingerprint density at radius 3 is 2.48 bits per heavy atom. The summed E-state index contributed by atoms with van der Waals surface area (Å²) in [5, 5.41) is 24.3. The first-order chi connectivity index (χ1) is 12.2. The van der Waals surface area contributed by atoms with Crippen molar-refractivity contribution in [3.8, 4) is 0 Å². The van der Waals surface area contributed by atoms with E-state index in [2.05, 4.69) is 27.2 Å². The lowest BCUT2D eigenvalue weighted by Crippen LogP contribution is -2.44. The van der Waals surface area contributed by atoms with Gasteiger partial charge in [-0.1, -0.05) is 12.8 Å². The summed E-state index contributed by atoms with van der Waals surface area (Å²) in [5.74, 6) is 2.09. The first-order valence-electron chi connectivity index (χ1n) is 9.87. The first-order valence-corrected chi connectivity index (χ1v) is 9.87. The second kappa shape index (κ2) is 6.02. The Bertz CT molecular complexity index is 754. The molecular formula is C19H27N5O. The van der Waals surface area contributed by atoms with Crippen LogP contribution < -0.4 is 0 Å². The van der Waals surface area contributed by atoms with Gasteiger partial charge in [-0.3, -0.25) is 0 Å². The largest absolute Gasteiger partial charge is 0.389 e. The molecular weight excluding hydrogens is 314 g/mol. The SMILES string of the molecule is OC1(CN2CCC(c3nnc4ccc(C5CC5)nn34)CC2)CCCC1. The summed E-state index contributed by atoms with van der Waals surface area (Å²) >= 11 is 0. The standard InChI is InChI=1S/C19H27N5O/c25-19(9-1-2-10-19)13-23-11-7-15(8-12-23)18-21-20-17-6-5-16(14-3-4-14)22-24(17)18/h5-6,14-15,25H,1-4,7-13H2. The van der Waals surface area contributed by atoms with Crippen LogP contribution in [-0.4, -0.2) is 55.1 Å². The molecule has 0 radical (unpaired) electrons. The van der Waals surface area contributed by atoms with Gasteiger partial charge >= 0.3 is 0 Å². The molecule has 1 aliphatic heterocycles. The van der Waals surface area contributed by atoms with E-state index in [1.807, 2.05) is 4.52 Å². The predicted octanol–water partition coefficient (Wildman–Crippen LogP) is 2.49. The summed E-state index contributed by atoms with van der Waals surface area (Å²) in [6.07, 6.45) is 8.96. The van der Waals surface area contributed by atoms with E-state index >= 15 is 0 Å². The molecule has 0 aromatic carbocycles.